The number of benzene rings is 1. The van der Waals surface area contributed by atoms with Crippen molar-refractivity contribution in [2.45, 2.75) is 6.10 Å². The molecule has 3 heteroatoms. The fourth-order valence-electron chi connectivity index (χ4n) is 1.28. The van der Waals surface area contributed by atoms with Gasteiger partial charge in [0.05, 0.1) is 6.54 Å². The van der Waals surface area contributed by atoms with Gasteiger partial charge in [0.2, 0.25) is 5.90 Å². The Morgan fingerprint density at radius 2 is 2.14 bits per heavy atom. The first-order valence-corrected chi connectivity index (χ1v) is 5.17. The molecule has 1 aromatic rings. The molecule has 1 aliphatic heterocycles. The Kier molecular flexibility index (Phi) is 2.68. The lowest BCUT2D eigenvalue weighted by Crippen LogP contribution is -2.12. The molecule has 1 aromatic carbocycles. The number of halogens is 1. The molecule has 0 spiro atoms. The first-order chi connectivity index (χ1) is 6.77. The van der Waals surface area contributed by atoms with Crippen molar-refractivity contribution in [3.05, 3.63) is 47.0 Å². The molecule has 0 aromatic heterocycles. The van der Waals surface area contributed by atoms with E-state index in [4.69, 9.17) is 4.74 Å². The lowest BCUT2D eigenvalue weighted by molar-refractivity contribution is 0.272. The summed E-state index contributed by atoms with van der Waals surface area (Å²) in [6.07, 6.45) is -0.0230. The van der Waals surface area contributed by atoms with Gasteiger partial charge in [0.25, 0.3) is 0 Å². The van der Waals surface area contributed by atoms with E-state index in [0.717, 1.165) is 10.0 Å². The molecule has 14 heavy (non-hydrogen) atoms. The third kappa shape index (κ3) is 1.87. The molecule has 0 radical (unpaired) electrons. The molecule has 0 amide bonds. The van der Waals surface area contributed by atoms with Crippen LogP contribution in [0.4, 0.5) is 0 Å². The van der Waals surface area contributed by atoms with Crippen molar-refractivity contribution in [3.63, 3.8) is 0 Å². The minimum absolute atomic E-state index is 0.0230. The van der Waals surface area contributed by atoms with Crippen LogP contribution in [0.2, 0.25) is 0 Å². The summed E-state index contributed by atoms with van der Waals surface area (Å²) >= 11 is 3.31. The normalized spacial score (nSPS) is 20.1. The lowest BCUT2D eigenvalue weighted by Gasteiger charge is -2.08. The molecule has 0 bridgehead atoms. The molecule has 1 aliphatic rings. The molecular weight excluding hydrogens is 242 g/mol. The highest BCUT2D eigenvalue weighted by Crippen LogP contribution is 2.20. The minimum atomic E-state index is -0.0230. The van der Waals surface area contributed by atoms with Gasteiger partial charge in [-0.2, -0.15) is 0 Å². The van der Waals surface area contributed by atoms with Gasteiger partial charge >= 0.3 is 0 Å². The zero-order chi connectivity index (χ0) is 9.97. The molecular formula is C11H10BrNO. The van der Waals surface area contributed by atoms with E-state index in [-0.39, 0.29) is 6.10 Å². The fraction of sp³-hybridized carbons (Fsp3) is 0.182. The molecule has 0 fully saturated rings. The van der Waals surface area contributed by atoms with Gasteiger partial charge < -0.3 is 4.74 Å². The number of hydrogen-bond acceptors (Lipinski definition) is 2. The third-order valence-electron chi connectivity index (χ3n) is 2.02. The van der Waals surface area contributed by atoms with Crippen LogP contribution in [0.3, 0.4) is 0 Å². The highest BCUT2D eigenvalue weighted by molar-refractivity contribution is 9.11. The summed E-state index contributed by atoms with van der Waals surface area (Å²) in [5, 5.41) is 0. The van der Waals surface area contributed by atoms with Crippen LogP contribution >= 0.6 is 15.9 Å². The second kappa shape index (κ2) is 3.96. The van der Waals surface area contributed by atoms with Crippen molar-refractivity contribution in [3.8, 4) is 0 Å². The van der Waals surface area contributed by atoms with Crippen molar-refractivity contribution in [2.24, 2.45) is 4.99 Å². The predicted molar refractivity (Wildman–Crippen MR) is 60.8 cm³/mol. The van der Waals surface area contributed by atoms with E-state index >= 15 is 0 Å². The van der Waals surface area contributed by atoms with E-state index in [0.29, 0.717) is 12.4 Å². The van der Waals surface area contributed by atoms with E-state index < -0.39 is 0 Å². The van der Waals surface area contributed by atoms with Gasteiger partial charge in [-0.25, -0.2) is 4.99 Å². The summed E-state index contributed by atoms with van der Waals surface area (Å²) in [6, 6.07) is 9.88. The van der Waals surface area contributed by atoms with Crippen LogP contribution < -0.4 is 0 Å². The number of aliphatic imine (C=N–C) groups is 1. The average Bonchev–Trinajstić information content (AvgIpc) is 2.68. The van der Waals surface area contributed by atoms with Crippen LogP contribution in [0.5, 0.6) is 0 Å². The molecule has 1 heterocycles. The van der Waals surface area contributed by atoms with Crippen molar-refractivity contribution >= 4 is 21.8 Å². The maximum Gasteiger partial charge on any atom is 0.216 e. The predicted octanol–water partition coefficient (Wildman–Crippen LogP) is 2.74. The highest BCUT2D eigenvalue weighted by Gasteiger charge is 2.21. The Morgan fingerprint density at radius 1 is 1.43 bits per heavy atom. The standard InChI is InChI=1S/C11H10BrNO/c1-8(12)10-7-13-11(14-10)9-5-3-2-4-6-9/h2-6,10H,1,7H2/t10-/m1/s1. The van der Waals surface area contributed by atoms with Gasteiger partial charge in [0.1, 0.15) is 0 Å². The lowest BCUT2D eigenvalue weighted by atomic mass is 10.2. The van der Waals surface area contributed by atoms with Crippen LogP contribution in [-0.4, -0.2) is 18.5 Å². The molecule has 0 N–H and O–H groups in total. The number of ether oxygens (including phenoxy) is 1. The van der Waals surface area contributed by atoms with Gasteiger partial charge in [-0.05, 0) is 12.1 Å². The SMILES string of the molecule is C=C(Br)[C@H]1CN=C(c2ccccc2)O1. The number of hydrogen-bond donors (Lipinski definition) is 0. The molecule has 0 saturated heterocycles. The van der Waals surface area contributed by atoms with Crippen molar-refractivity contribution in [1.82, 2.24) is 0 Å². The average molecular weight is 252 g/mol. The summed E-state index contributed by atoms with van der Waals surface area (Å²) in [6.45, 7) is 4.43. The van der Waals surface area contributed by atoms with Crippen LogP contribution in [0.25, 0.3) is 0 Å². The molecule has 0 unspecified atom stereocenters. The molecule has 2 rings (SSSR count). The van der Waals surface area contributed by atoms with E-state index in [9.17, 15) is 0 Å². The van der Waals surface area contributed by atoms with Gasteiger partial charge in [0, 0.05) is 10.0 Å². The Bertz CT molecular complexity index is 372. The van der Waals surface area contributed by atoms with Crippen LogP contribution in [0.1, 0.15) is 5.56 Å². The summed E-state index contributed by atoms with van der Waals surface area (Å²) in [5.74, 6) is 0.705. The van der Waals surface area contributed by atoms with Gasteiger partial charge in [-0.15, -0.1) is 0 Å². The summed E-state index contributed by atoms with van der Waals surface area (Å²) in [4.78, 5) is 4.31. The summed E-state index contributed by atoms with van der Waals surface area (Å²) in [5.41, 5.74) is 1.02. The Hall–Kier alpha value is -1.09. The van der Waals surface area contributed by atoms with Crippen molar-refractivity contribution < 1.29 is 4.74 Å². The van der Waals surface area contributed by atoms with E-state index in [1.807, 2.05) is 30.3 Å². The van der Waals surface area contributed by atoms with E-state index in [1.165, 1.54) is 0 Å². The first kappa shape index (κ1) is 9.46. The highest BCUT2D eigenvalue weighted by atomic mass is 79.9. The first-order valence-electron chi connectivity index (χ1n) is 4.38. The number of rotatable bonds is 2. The fourth-order valence-corrected chi connectivity index (χ4v) is 1.52. The Balaban J connectivity index is 2.13. The maximum absolute atomic E-state index is 5.61. The van der Waals surface area contributed by atoms with E-state index in [1.54, 1.807) is 0 Å². The zero-order valence-electron chi connectivity index (χ0n) is 7.61. The monoisotopic (exact) mass is 251 g/mol. The zero-order valence-corrected chi connectivity index (χ0v) is 9.20. The van der Waals surface area contributed by atoms with Crippen LogP contribution in [0, 0.1) is 0 Å². The quantitative estimate of drug-likeness (QED) is 0.793. The van der Waals surface area contributed by atoms with Crippen LogP contribution in [-0.2, 0) is 4.74 Å². The third-order valence-corrected chi connectivity index (χ3v) is 2.54. The van der Waals surface area contributed by atoms with Crippen LogP contribution in [0.15, 0.2) is 46.4 Å². The minimum Gasteiger partial charge on any atom is -0.467 e. The molecule has 0 aliphatic carbocycles. The Morgan fingerprint density at radius 3 is 2.71 bits per heavy atom. The van der Waals surface area contributed by atoms with Gasteiger partial charge in [-0.3, -0.25) is 0 Å². The molecule has 2 nitrogen and oxygen atoms in total. The van der Waals surface area contributed by atoms with Crippen molar-refractivity contribution in [1.29, 1.82) is 0 Å². The Labute approximate surface area is 91.4 Å². The van der Waals surface area contributed by atoms with E-state index in [2.05, 4.69) is 27.5 Å². The maximum atomic E-state index is 5.61. The van der Waals surface area contributed by atoms with Crippen molar-refractivity contribution in [2.75, 3.05) is 6.54 Å². The molecule has 0 saturated carbocycles. The van der Waals surface area contributed by atoms with Gasteiger partial charge in [0.15, 0.2) is 6.10 Å². The second-order valence-corrected chi connectivity index (χ2v) is 4.08. The van der Waals surface area contributed by atoms with Gasteiger partial charge in [-0.1, -0.05) is 40.7 Å². The number of nitrogens with zero attached hydrogens (tertiary/aromatic N) is 1. The largest absolute Gasteiger partial charge is 0.467 e. The summed E-state index contributed by atoms with van der Waals surface area (Å²) in [7, 11) is 0. The summed E-state index contributed by atoms with van der Waals surface area (Å²) < 4.78 is 6.45. The second-order valence-electron chi connectivity index (χ2n) is 3.07. The smallest absolute Gasteiger partial charge is 0.216 e. The topological polar surface area (TPSA) is 21.6 Å². The molecule has 72 valence electrons. The molecule has 1 atom stereocenters.